The third-order valence-corrected chi connectivity index (χ3v) is 2.48. The Balaban J connectivity index is 2.92. The van der Waals surface area contributed by atoms with Gasteiger partial charge in [-0.3, -0.25) is 9.00 Å². The van der Waals surface area contributed by atoms with Crippen LogP contribution < -0.4 is 9.61 Å². The molecule has 1 aromatic rings. The quantitative estimate of drug-likeness (QED) is 0.681. The summed E-state index contributed by atoms with van der Waals surface area (Å²) in [6, 6.07) is 0. The predicted octanol–water partition coefficient (Wildman–Crippen LogP) is -0.351. The zero-order valence-electron chi connectivity index (χ0n) is 6.64. The van der Waals surface area contributed by atoms with Crippen LogP contribution in [0.4, 0.5) is 0 Å². The van der Waals surface area contributed by atoms with E-state index in [1.54, 1.807) is 0 Å². The minimum atomic E-state index is -1.06. The number of hydrogen-bond acceptors (Lipinski definition) is 5. The number of rotatable bonds is 3. The van der Waals surface area contributed by atoms with Gasteiger partial charge < -0.3 is 4.74 Å². The number of hydrogen-bond donors (Lipinski definition) is 0. The highest BCUT2D eigenvalue weighted by molar-refractivity contribution is 7.83. The molecule has 1 unspecified atom stereocenters. The lowest BCUT2D eigenvalue weighted by molar-refractivity contribution is 0.400. The van der Waals surface area contributed by atoms with E-state index in [-0.39, 0.29) is 10.7 Å². The van der Waals surface area contributed by atoms with E-state index in [4.69, 9.17) is 4.74 Å². The van der Waals surface area contributed by atoms with Crippen molar-refractivity contribution in [2.45, 2.75) is 5.88 Å². The van der Waals surface area contributed by atoms with E-state index in [1.165, 1.54) is 13.4 Å². The van der Waals surface area contributed by atoms with Gasteiger partial charge in [-0.2, -0.15) is 0 Å². The second-order valence-corrected chi connectivity index (χ2v) is 4.35. The molecule has 68 valence electrons. The maximum atomic E-state index is 11.0. The van der Waals surface area contributed by atoms with E-state index in [0.29, 0.717) is 5.19 Å². The monoisotopic (exact) mass is 208 g/mol. The van der Waals surface area contributed by atoms with Gasteiger partial charge >= 0.3 is 4.87 Å². The molecule has 12 heavy (non-hydrogen) atoms. The summed E-state index contributed by atoms with van der Waals surface area (Å²) in [5.74, 6) is 0.124. The Hall–Kier alpha value is -0.690. The summed E-state index contributed by atoms with van der Waals surface area (Å²) in [7, 11) is 0.372. The molecule has 0 saturated carbocycles. The van der Waals surface area contributed by atoms with E-state index >= 15 is 0 Å². The molecule has 0 spiro atoms. The number of ether oxygens (including phenoxy) is 1. The van der Waals surface area contributed by atoms with Crippen LogP contribution in [0.15, 0.2) is 4.79 Å². The van der Waals surface area contributed by atoms with Crippen LogP contribution in [-0.4, -0.2) is 27.4 Å². The third kappa shape index (κ3) is 2.15. The van der Waals surface area contributed by atoms with Crippen LogP contribution in [-0.2, 0) is 16.7 Å². The summed E-state index contributed by atoms with van der Waals surface area (Å²) in [6.45, 7) is 0. The van der Waals surface area contributed by atoms with Crippen molar-refractivity contribution in [1.29, 1.82) is 0 Å². The first-order valence-electron chi connectivity index (χ1n) is 3.05. The first kappa shape index (κ1) is 9.40. The van der Waals surface area contributed by atoms with Crippen LogP contribution in [0.5, 0.6) is 5.19 Å². The SMILES string of the molecule is COc1nn(CS(C)=O)c(=O)s1. The Morgan fingerprint density at radius 1 is 1.75 bits per heavy atom. The lowest BCUT2D eigenvalue weighted by atomic mass is 11.2. The van der Waals surface area contributed by atoms with Gasteiger partial charge in [-0.05, 0) is 11.3 Å². The Morgan fingerprint density at radius 3 is 2.83 bits per heavy atom. The number of nitrogens with zero attached hydrogens (tertiary/aromatic N) is 2. The highest BCUT2D eigenvalue weighted by atomic mass is 32.2. The van der Waals surface area contributed by atoms with Gasteiger partial charge in [0.25, 0.3) is 5.19 Å². The summed E-state index contributed by atoms with van der Waals surface area (Å²) < 4.78 is 16.6. The largest absolute Gasteiger partial charge is 0.472 e. The molecule has 0 aromatic carbocycles. The fraction of sp³-hybridized carbons (Fsp3) is 0.600. The second-order valence-electron chi connectivity index (χ2n) is 2.04. The van der Waals surface area contributed by atoms with Gasteiger partial charge in [0.1, 0.15) is 5.88 Å². The molecule has 1 heterocycles. The van der Waals surface area contributed by atoms with Gasteiger partial charge in [0, 0.05) is 17.1 Å². The average Bonchev–Trinajstić information content (AvgIpc) is 2.31. The maximum absolute atomic E-state index is 11.0. The molecule has 0 aliphatic rings. The molecule has 0 fully saturated rings. The van der Waals surface area contributed by atoms with Gasteiger partial charge in [-0.15, -0.1) is 5.10 Å². The molecule has 0 saturated heterocycles. The van der Waals surface area contributed by atoms with Gasteiger partial charge in [0.15, 0.2) is 0 Å². The Morgan fingerprint density at radius 2 is 2.42 bits per heavy atom. The Bertz CT molecular complexity index is 343. The van der Waals surface area contributed by atoms with Crippen LogP contribution in [0.2, 0.25) is 0 Å². The van der Waals surface area contributed by atoms with Gasteiger partial charge in [0.2, 0.25) is 0 Å². The van der Waals surface area contributed by atoms with Crippen LogP contribution in [0.3, 0.4) is 0 Å². The molecular formula is C5H8N2O3S2. The smallest absolute Gasteiger partial charge is 0.329 e. The zero-order chi connectivity index (χ0) is 9.14. The zero-order valence-corrected chi connectivity index (χ0v) is 8.28. The van der Waals surface area contributed by atoms with E-state index < -0.39 is 10.8 Å². The lowest BCUT2D eigenvalue weighted by Crippen LogP contribution is -2.17. The molecule has 0 aliphatic heterocycles. The van der Waals surface area contributed by atoms with Crippen molar-refractivity contribution in [2.75, 3.05) is 13.4 Å². The molecular weight excluding hydrogens is 200 g/mol. The highest BCUT2D eigenvalue weighted by Gasteiger charge is 2.06. The molecule has 0 amide bonds. The maximum Gasteiger partial charge on any atom is 0.329 e. The van der Waals surface area contributed by atoms with Crippen molar-refractivity contribution >= 4 is 22.1 Å². The van der Waals surface area contributed by atoms with E-state index in [0.717, 1.165) is 16.0 Å². The minimum absolute atomic E-state index is 0.124. The normalized spacial score (nSPS) is 12.8. The van der Waals surface area contributed by atoms with Crippen molar-refractivity contribution in [3.63, 3.8) is 0 Å². The van der Waals surface area contributed by atoms with Gasteiger partial charge in [0.05, 0.1) is 7.11 Å². The molecule has 0 aliphatic carbocycles. The molecule has 0 bridgehead atoms. The summed E-state index contributed by atoms with van der Waals surface area (Å²) in [6.07, 6.45) is 1.51. The third-order valence-electron chi connectivity index (χ3n) is 1.07. The van der Waals surface area contributed by atoms with E-state index in [2.05, 4.69) is 5.10 Å². The minimum Gasteiger partial charge on any atom is -0.472 e. The average molecular weight is 208 g/mol. The molecule has 1 rings (SSSR count). The number of methoxy groups -OCH3 is 1. The summed E-state index contributed by atoms with van der Waals surface area (Å²) in [5, 5.41) is 4.07. The molecule has 5 nitrogen and oxygen atoms in total. The topological polar surface area (TPSA) is 61.2 Å². The first-order valence-corrected chi connectivity index (χ1v) is 5.60. The van der Waals surface area contributed by atoms with Crippen molar-refractivity contribution < 1.29 is 8.95 Å². The Labute approximate surface area is 75.4 Å². The summed E-state index contributed by atoms with van der Waals surface area (Å²) in [5.41, 5.74) is 0. The van der Waals surface area contributed by atoms with Crippen LogP contribution in [0.1, 0.15) is 0 Å². The summed E-state index contributed by atoms with van der Waals surface area (Å²) in [4.78, 5) is 10.8. The standard InChI is InChI=1S/C5H8N2O3S2/c1-10-4-6-7(3-12(2)9)5(8)11-4/h3H2,1-2H3. The molecule has 7 heteroatoms. The van der Waals surface area contributed by atoms with Gasteiger partial charge in [-0.25, -0.2) is 4.68 Å². The van der Waals surface area contributed by atoms with E-state index in [9.17, 15) is 9.00 Å². The molecule has 0 N–H and O–H groups in total. The van der Waals surface area contributed by atoms with Crippen molar-refractivity contribution in [1.82, 2.24) is 9.78 Å². The fourth-order valence-electron chi connectivity index (χ4n) is 0.623. The fourth-order valence-corrected chi connectivity index (χ4v) is 1.81. The van der Waals surface area contributed by atoms with Gasteiger partial charge in [-0.1, -0.05) is 0 Å². The van der Waals surface area contributed by atoms with Crippen molar-refractivity contribution in [3.05, 3.63) is 9.67 Å². The van der Waals surface area contributed by atoms with Crippen molar-refractivity contribution in [3.8, 4) is 5.19 Å². The van der Waals surface area contributed by atoms with Crippen LogP contribution >= 0.6 is 11.3 Å². The predicted molar refractivity (Wildman–Crippen MR) is 47.0 cm³/mol. The lowest BCUT2D eigenvalue weighted by Gasteiger charge is -1.93. The number of aromatic nitrogens is 2. The van der Waals surface area contributed by atoms with Crippen LogP contribution in [0, 0.1) is 0 Å². The van der Waals surface area contributed by atoms with E-state index in [1.807, 2.05) is 0 Å². The molecule has 0 radical (unpaired) electrons. The summed E-state index contributed by atoms with van der Waals surface area (Å²) >= 11 is 0.896. The van der Waals surface area contributed by atoms with Crippen LogP contribution in [0.25, 0.3) is 0 Å². The van der Waals surface area contributed by atoms with Crippen molar-refractivity contribution in [2.24, 2.45) is 0 Å². The first-order chi connectivity index (χ1) is 5.63. The Kier molecular flexibility index (Phi) is 2.99. The highest BCUT2D eigenvalue weighted by Crippen LogP contribution is 2.07. The molecule has 1 aromatic heterocycles. The second kappa shape index (κ2) is 3.81. The molecule has 1 atom stereocenters.